The Kier molecular flexibility index (Phi) is 8.39. The minimum Gasteiger partial charge on any atom is -0.493 e. The van der Waals surface area contributed by atoms with Gasteiger partial charge in [0.05, 0.1) is 40.2 Å². The van der Waals surface area contributed by atoms with E-state index in [2.05, 4.69) is 31.4 Å². The normalized spacial score (nSPS) is 25.2. The summed E-state index contributed by atoms with van der Waals surface area (Å²) in [7, 11) is 0.711. The number of sulfonamides is 1. The van der Waals surface area contributed by atoms with Crippen LogP contribution < -0.4 is 24.8 Å². The average Bonchev–Trinajstić information content (AvgIpc) is 3.48. The molecule has 3 fully saturated rings. The molecule has 2 aromatic rings. The summed E-state index contributed by atoms with van der Waals surface area (Å²) in [5.74, 6) is 1.80. The van der Waals surface area contributed by atoms with Gasteiger partial charge in [0.1, 0.15) is 4.90 Å². The molecule has 3 atom stereocenters. The van der Waals surface area contributed by atoms with Crippen LogP contribution in [0.5, 0.6) is 17.2 Å². The highest BCUT2D eigenvalue weighted by molar-refractivity contribution is 7.89. The Hall–Kier alpha value is -3.02. The summed E-state index contributed by atoms with van der Waals surface area (Å²) in [4.78, 5) is 13.7. The number of amides is 1. The number of ether oxygens (including phenoxy) is 4. The number of fused-ring (bicyclic) bond motifs is 2. The molecule has 5 rings (SSSR count). The van der Waals surface area contributed by atoms with Gasteiger partial charge in [0.25, 0.3) is 5.91 Å². The van der Waals surface area contributed by atoms with E-state index in [0.29, 0.717) is 47.6 Å². The van der Waals surface area contributed by atoms with Crippen LogP contribution in [0.15, 0.2) is 35.2 Å². The Morgan fingerprint density at radius 2 is 1.69 bits per heavy atom. The van der Waals surface area contributed by atoms with Gasteiger partial charge in [-0.25, -0.2) is 8.42 Å². The number of methoxy groups -OCH3 is 3. The van der Waals surface area contributed by atoms with Gasteiger partial charge in [-0.15, -0.1) is 0 Å². The van der Waals surface area contributed by atoms with Crippen molar-refractivity contribution >= 4 is 21.6 Å². The third-order valence-corrected chi connectivity index (χ3v) is 11.5. The molecule has 1 unspecified atom stereocenters. The zero-order valence-corrected chi connectivity index (χ0v) is 26.2. The smallest absolute Gasteiger partial charge is 0.251 e. The van der Waals surface area contributed by atoms with Gasteiger partial charge in [0, 0.05) is 31.2 Å². The summed E-state index contributed by atoms with van der Waals surface area (Å²) < 4.78 is 51.0. The lowest BCUT2D eigenvalue weighted by molar-refractivity contribution is 0.0729. The first-order chi connectivity index (χ1) is 19.9. The van der Waals surface area contributed by atoms with Gasteiger partial charge in [0.15, 0.2) is 11.5 Å². The fourth-order valence-electron chi connectivity index (χ4n) is 7.26. The number of benzene rings is 2. The number of nitrogens with one attached hydrogen (secondary N) is 2. The summed E-state index contributed by atoms with van der Waals surface area (Å²) in [6.45, 7) is 8.16. The molecular formula is C31H43N3O7S. The summed E-state index contributed by atoms with van der Waals surface area (Å²) in [5.41, 5.74) is 1.55. The fourth-order valence-corrected chi connectivity index (χ4v) is 8.86. The van der Waals surface area contributed by atoms with E-state index in [-0.39, 0.29) is 47.3 Å². The van der Waals surface area contributed by atoms with Gasteiger partial charge in [-0.05, 0) is 71.9 Å². The molecule has 1 heterocycles. The third kappa shape index (κ3) is 5.42. The van der Waals surface area contributed by atoms with E-state index in [1.54, 1.807) is 26.4 Å². The van der Waals surface area contributed by atoms with E-state index in [9.17, 15) is 13.2 Å². The fraction of sp³-hybridized carbons (Fsp3) is 0.581. The van der Waals surface area contributed by atoms with Crippen LogP contribution >= 0.6 is 0 Å². The number of nitrogens with zero attached hydrogens (tertiary/aromatic N) is 1. The first-order valence-electron chi connectivity index (χ1n) is 14.5. The maximum absolute atomic E-state index is 13.9. The monoisotopic (exact) mass is 601 g/mol. The van der Waals surface area contributed by atoms with Crippen molar-refractivity contribution in [2.75, 3.05) is 52.9 Å². The Bertz CT molecular complexity index is 1410. The lowest BCUT2D eigenvalue weighted by Crippen LogP contribution is -2.52. The van der Waals surface area contributed by atoms with Gasteiger partial charge in [0.2, 0.25) is 15.8 Å². The van der Waals surface area contributed by atoms with E-state index in [1.165, 1.54) is 23.9 Å². The largest absolute Gasteiger partial charge is 0.493 e. The SMILES string of the molecule is COc1cc(CNc2ccc(C(=O)NC3C(C)(C)[C@@H]4CC[C@]3(C)C4)cc2S(=O)(=O)N2CCOCC2)cc(OC)c1OC. The molecule has 0 spiro atoms. The van der Waals surface area contributed by atoms with Crippen LogP contribution in [0.4, 0.5) is 5.69 Å². The number of hydrogen-bond acceptors (Lipinski definition) is 8. The van der Waals surface area contributed by atoms with Crippen LogP contribution in [0.3, 0.4) is 0 Å². The number of rotatable bonds is 10. The third-order valence-electron chi connectivity index (χ3n) is 9.58. The average molecular weight is 602 g/mol. The van der Waals surface area contributed by atoms with Crippen molar-refractivity contribution in [3.05, 3.63) is 41.5 Å². The maximum Gasteiger partial charge on any atom is 0.251 e. The van der Waals surface area contributed by atoms with Crippen LogP contribution in [0.1, 0.15) is 56.0 Å². The molecule has 1 amide bonds. The Morgan fingerprint density at radius 1 is 1.02 bits per heavy atom. The highest BCUT2D eigenvalue weighted by atomic mass is 32.2. The zero-order chi connectivity index (χ0) is 30.3. The molecule has 3 aliphatic rings. The van der Waals surface area contributed by atoms with Gasteiger partial charge < -0.3 is 29.6 Å². The van der Waals surface area contributed by atoms with Crippen LogP contribution in [0.25, 0.3) is 0 Å². The molecule has 42 heavy (non-hydrogen) atoms. The molecule has 1 saturated heterocycles. The lowest BCUT2D eigenvalue weighted by Gasteiger charge is -2.43. The highest BCUT2D eigenvalue weighted by Gasteiger charge is 2.59. The topological polar surface area (TPSA) is 115 Å². The van der Waals surface area contributed by atoms with Crippen molar-refractivity contribution in [3.8, 4) is 17.2 Å². The number of carbonyl (C=O) groups is 1. The molecule has 2 aliphatic carbocycles. The minimum atomic E-state index is -3.92. The van der Waals surface area contributed by atoms with Crippen molar-refractivity contribution in [1.82, 2.24) is 9.62 Å². The molecule has 2 aromatic carbocycles. The van der Waals surface area contributed by atoms with Gasteiger partial charge >= 0.3 is 0 Å². The summed E-state index contributed by atoms with van der Waals surface area (Å²) in [5, 5.41) is 6.58. The Labute approximate surface area is 249 Å². The predicted molar refractivity (Wildman–Crippen MR) is 160 cm³/mol. The second-order valence-corrected chi connectivity index (χ2v) is 14.3. The maximum atomic E-state index is 13.9. The van der Waals surface area contributed by atoms with Gasteiger partial charge in [-0.1, -0.05) is 20.8 Å². The summed E-state index contributed by atoms with van der Waals surface area (Å²) in [6.07, 6.45) is 3.38. The number of carbonyl (C=O) groups excluding carboxylic acids is 1. The van der Waals surface area contributed by atoms with Crippen LogP contribution in [-0.2, 0) is 21.3 Å². The first kappa shape index (κ1) is 30.4. The standard InChI is InChI=1S/C31H43N3O7S/c1-30(2)22-9-10-31(3,18-22)29(30)33-28(35)21-7-8-23(26(17-21)42(36,37)34-11-13-41-14-12-34)32-19-20-15-24(38-4)27(40-6)25(16-20)39-5/h7-8,15-17,22,29,32H,9-14,18-19H2,1-6H3,(H,33,35)/t22-,29?,31-/m1/s1. The summed E-state index contributed by atoms with van der Waals surface area (Å²) >= 11 is 0. The molecular weight excluding hydrogens is 558 g/mol. The van der Waals surface area contributed by atoms with Crippen molar-refractivity contribution in [2.24, 2.45) is 16.7 Å². The lowest BCUT2D eigenvalue weighted by atomic mass is 9.68. The number of morpholine rings is 1. The Balaban J connectivity index is 1.45. The molecule has 11 heteroatoms. The van der Waals surface area contributed by atoms with Gasteiger partial charge in [-0.3, -0.25) is 4.79 Å². The van der Waals surface area contributed by atoms with E-state index in [0.717, 1.165) is 18.4 Å². The van der Waals surface area contributed by atoms with Crippen molar-refractivity contribution in [1.29, 1.82) is 0 Å². The quantitative estimate of drug-likeness (QED) is 0.415. The van der Waals surface area contributed by atoms with Crippen molar-refractivity contribution in [2.45, 2.75) is 57.5 Å². The van der Waals surface area contributed by atoms with E-state index in [4.69, 9.17) is 18.9 Å². The van der Waals surface area contributed by atoms with Gasteiger partial charge in [-0.2, -0.15) is 4.31 Å². The molecule has 10 nitrogen and oxygen atoms in total. The van der Waals surface area contributed by atoms with Crippen molar-refractivity contribution < 1.29 is 32.2 Å². The number of hydrogen-bond donors (Lipinski definition) is 2. The van der Waals surface area contributed by atoms with E-state index in [1.807, 2.05) is 12.1 Å². The molecule has 0 aromatic heterocycles. The van der Waals surface area contributed by atoms with Crippen molar-refractivity contribution in [3.63, 3.8) is 0 Å². The second-order valence-electron chi connectivity index (χ2n) is 12.4. The second kappa shape index (κ2) is 11.6. The number of anilines is 1. The van der Waals surface area contributed by atoms with Crippen LogP contribution in [0.2, 0.25) is 0 Å². The molecule has 0 radical (unpaired) electrons. The molecule has 2 bridgehead atoms. The predicted octanol–water partition coefficient (Wildman–Crippen LogP) is 4.29. The molecule has 2 N–H and O–H groups in total. The van der Waals surface area contributed by atoms with E-state index < -0.39 is 10.0 Å². The first-order valence-corrected chi connectivity index (χ1v) is 15.9. The molecule has 1 aliphatic heterocycles. The molecule has 2 saturated carbocycles. The van der Waals surface area contributed by atoms with Crippen LogP contribution in [-0.4, -0.2) is 72.3 Å². The van der Waals surface area contributed by atoms with E-state index >= 15 is 0 Å². The molecule has 230 valence electrons. The highest BCUT2D eigenvalue weighted by Crippen LogP contribution is 2.62. The summed E-state index contributed by atoms with van der Waals surface area (Å²) in [6, 6.07) is 8.50. The van der Waals surface area contributed by atoms with Crippen LogP contribution in [0, 0.1) is 16.7 Å². The zero-order valence-electron chi connectivity index (χ0n) is 25.4. The Morgan fingerprint density at radius 3 is 2.26 bits per heavy atom. The minimum absolute atomic E-state index is 0.0205.